The van der Waals surface area contributed by atoms with Crippen molar-refractivity contribution in [2.24, 2.45) is 0 Å². The molecule has 1 atom stereocenters. The molecule has 0 amide bonds. The summed E-state index contributed by atoms with van der Waals surface area (Å²) in [6.07, 6.45) is 59.4. The van der Waals surface area contributed by atoms with Crippen molar-refractivity contribution in [1.29, 1.82) is 0 Å². The molecule has 0 radical (unpaired) electrons. The van der Waals surface area contributed by atoms with Crippen LogP contribution >= 0.6 is 0 Å². The molecule has 0 bridgehead atoms. The fraction of sp³-hybridized carbons (Fsp3) is 0.800. The van der Waals surface area contributed by atoms with Crippen LogP contribution in [0.5, 0.6) is 0 Å². The van der Waals surface area contributed by atoms with Crippen molar-refractivity contribution in [2.75, 3.05) is 13.2 Å². The van der Waals surface area contributed by atoms with Crippen molar-refractivity contribution >= 4 is 17.9 Å². The molecule has 61 heavy (non-hydrogen) atoms. The van der Waals surface area contributed by atoms with Gasteiger partial charge in [-0.2, -0.15) is 0 Å². The Kier molecular flexibility index (Phi) is 47.9. The molecule has 0 aliphatic carbocycles. The molecule has 0 rings (SSSR count). The smallest absolute Gasteiger partial charge is 0.306 e. The lowest BCUT2D eigenvalue weighted by atomic mass is 10.1. The standard InChI is InChI=1S/C55H98O6/c1-4-7-10-13-16-19-22-24-26-27-28-29-31-33-36-39-42-45-48-54(57)60-51-52(50-59-53(56)47-44-41-38-35-32-21-18-15-12-9-6-3)61-55(58)49-46-43-40-37-34-30-25-23-20-17-14-11-8-5-2/h14,17,19,22-23,25-27,52H,4-13,15-16,18,20-21,24,28-51H2,1-3H3/b17-14-,22-19-,25-23-,27-26-. The van der Waals surface area contributed by atoms with Gasteiger partial charge in [-0.05, 0) is 77.0 Å². The van der Waals surface area contributed by atoms with Gasteiger partial charge >= 0.3 is 17.9 Å². The molecule has 0 N–H and O–H groups in total. The summed E-state index contributed by atoms with van der Waals surface area (Å²) in [6.45, 7) is 6.57. The Morgan fingerprint density at radius 1 is 0.328 bits per heavy atom. The maximum absolute atomic E-state index is 12.8. The summed E-state index contributed by atoms with van der Waals surface area (Å²) >= 11 is 0. The Morgan fingerprint density at radius 3 is 0.967 bits per heavy atom. The summed E-state index contributed by atoms with van der Waals surface area (Å²) in [4.78, 5) is 37.9. The average molecular weight is 855 g/mol. The fourth-order valence-corrected chi connectivity index (χ4v) is 7.31. The van der Waals surface area contributed by atoms with Gasteiger partial charge in [0.25, 0.3) is 0 Å². The maximum atomic E-state index is 12.8. The summed E-state index contributed by atoms with van der Waals surface area (Å²) in [6, 6.07) is 0. The topological polar surface area (TPSA) is 78.9 Å². The second kappa shape index (κ2) is 50.0. The number of hydrogen-bond donors (Lipinski definition) is 0. The van der Waals surface area contributed by atoms with Crippen LogP contribution in [0.3, 0.4) is 0 Å². The highest BCUT2D eigenvalue weighted by molar-refractivity contribution is 5.71. The molecule has 1 unspecified atom stereocenters. The van der Waals surface area contributed by atoms with Gasteiger partial charge in [-0.1, -0.05) is 217 Å². The van der Waals surface area contributed by atoms with Crippen molar-refractivity contribution < 1.29 is 28.6 Å². The van der Waals surface area contributed by atoms with Gasteiger partial charge in [-0.15, -0.1) is 0 Å². The van der Waals surface area contributed by atoms with Gasteiger partial charge in [-0.3, -0.25) is 14.4 Å². The molecule has 0 aromatic carbocycles. The highest BCUT2D eigenvalue weighted by Crippen LogP contribution is 2.15. The number of rotatable bonds is 47. The van der Waals surface area contributed by atoms with Gasteiger partial charge in [0.1, 0.15) is 13.2 Å². The minimum atomic E-state index is -0.780. The first kappa shape index (κ1) is 58.4. The van der Waals surface area contributed by atoms with Crippen LogP contribution in [0.25, 0.3) is 0 Å². The second-order valence-electron chi connectivity index (χ2n) is 17.4. The Balaban J connectivity index is 4.36. The predicted molar refractivity (Wildman–Crippen MR) is 261 cm³/mol. The minimum Gasteiger partial charge on any atom is -0.462 e. The molecule has 0 spiro atoms. The molecule has 6 nitrogen and oxygen atoms in total. The van der Waals surface area contributed by atoms with E-state index in [0.29, 0.717) is 19.3 Å². The van der Waals surface area contributed by atoms with Gasteiger partial charge in [0.05, 0.1) is 0 Å². The monoisotopic (exact) mass is 855 g/mol. The molecule has 0 saturated heterocycles. The number of ether oxygens (including phenoxy) is 3. The van der Waals surface area contributed by atoms with E-state index in [9.17, 15) is 14.4 Å². The number of carbonyl (C=O) groups excluding carboxylic acids is 3. The van der Waals surface area contributed by atoms with Gasteiger partial charge in [0, 0.05) is 19.3 Å². The molecule has 0 aromatic rings. The van der Waals surface area contributed by atoms with E-state index in [1.807, 2.05) is 0 Å². The lowest BCUT2D eigenvalue weighted by Crippen LogP contribution is -2.30. The number of unbranched alkanes of at least 4 members (excludes halogenated alkanes) is 28. The van der Waals surface area contributed by atoms with Crippen LogP contribution in [0.4, 0.5) is 0 Å². The molecule has 0 heterocycles. The van der Waals surface area contributed by atoms with Crippen LogP contribution in [0, 0.1) is 0 Å². The summed E-state index contributed by atoms with van der Waals surface area (Å²) in [5.41, 5.74) is 0. The van der Waals surface area contributed by atoms with Crippen molar-refractivity contribution in [3.05, 3.63) is 48.6 Å². The summed E-state index contributed by atoms with van der Waals surface area (Å²) in [5, 5.41) is 0. The van der Waals surface area contributed by atoms with Crippen molar-refractivity contribution in [2.45, 2.75) is 271 Å². The lowest BCUT2D eigenvalue weighted by molar-refractivity contribution is -0.167. The zero-order valence-electron chi connectivity index (χ0n) is 40.4. The Bertz CT molecular complexity index is 1070. The van der Waals surface area contributed by atoms with E-state index < -0.39 is 6.10 Å². The Labute approximate surface area is 378 Å². The largest absolute Gasteiger partial charge is 0.462 e. The van der Waals surface area contributed by atoms with E-state index in [1.54, 1.807) is 0 Å². The Morgan fingerprint density at radius 2 is 0.607 bits per heavy atom. The first-order valence-corrected chi connectivity index (χ1v) is 26.1. The zero-order valence-corrected chi connectivity index (χ0v) is 40.4. The molecule has 0 aromatic heterocycles. The van der Waals surface area contributed by atoms with Crippen molar-refractivity contribution in [1.82, 2.24) is 0 Å². The number of carbonyl (C=O) groups is 3. The Hall–Kier alpha value is -2.63. The van der Waals surface area contributed by atoms with E-state index in [0.717, 1.165) is 96.3 Å². The second-order valence-corrected chi connectivity index (χ2v) is 17.4. The first-order chi connectivity index (χ1) is 30.0. The molecule has 0 fully saturated rings. The zero-order chi connectivity index (χ0) is 44.4. The third-order valence-electron chi connectivity index (χ3n) is 11.3. The fourth-order valence-electron chi connectivity index (χ4n) is 7.31. The normalized spacial score (nSPS) is 12.4. The third-order valence-corrected chi connectivity index (χ3v) is 11.3. The van der Waals surface area contributed by atoms with Crippen LogP contribution in [0.2, 0.25) is 0 Å². The van der Waals surface area contributed by atoms with E-state index >= 15 is 0 Å². The molecule has 0 aliphatic rings. The SMILES string of the molecule is CCCC/C=C\C/C=C\CCCCCCCC(=O)OC(COC(=O)CCCCCCCCC/C=C\C/C=C\CCCCCC)COC(=O)CCCCCCCCCCCCC. The summed E-state index contributed by atoms with van der Waals surface area (Å²) in [7, 11) is 0. The molecule has 0 saturated carbocycles. The molecule has 6 heteroatoms. The maximum Gasteiger partial charge on any atom is 0.306 e. The number of esters is 3. The van der Waals surface area contributed by atoms with E-state index in [4.69, 9.17) is 14.2 Å². The van der Waals surface area contributed by atoms with Gasteiger partial charge in [0.15, 0.2) is 6.10 Å². The summed E-state index contributed by atoms with van der Waals surface area (Å²) < 4.78 is 16.8. The van der Waals surface area contributed by atoms with Crippen LogP contribution < -0.4 is 0 Å². The highest BCUT2D eigenvalue weighted by Gasteiger charge is 2.19. The molecule has 354 valence electrons. The van der Waals surface area contributed by atoms with E-state index in [2.05, 4.69) is 69.4 Å². The van der Waals surface area contributed by atoms with Crippen molar-refractivity contribution in [3.8, 4) is 0 Å². The molecule has 0 aliphatic heterocycles. The number of allylic oxidation sites excluding steroid dienone is 8. The summed E-state index contributed by atoms with van der Waals surface area (Å²) in [5.74, 6) is -0.895. The molecular formula is C55H98O6. The predicted octanol–water partition coefficient (Wildman–Crippen LogP) is 17.1. The quantitative estimate of drug-likeness (QED) is 0.0263. The van der Waals surface area contributed by atoms with E-state index in [-0.39, 0.29) is 31.1 Å². The van der Waals surface area contributed by atoms with Crippen molar-refractivity contribution in [3.63, 3.8) is 0 Å². The average Bonchev–Trinajstić information content (AvgIpc) is 3.26. The van der Waals surface area contributed by atoms with Crippen LogP contribution in [0.15, 0.2) is 48.6 Å². The highest BCUT2D eigenvalue weighted by atomic mass is 16.6. The van der Waals surface area contributed by atoms with Gasteiger partial charge in [0.2, 0.25) is 0 Å². The van der Waals surface area contributed by atoms with Gasteiger partial charge in [-0.25, -0.2) is 0 Å². The van der Waals surface area contributed by atoms with Crippen LogP contribution in [-0.4, -0.2) is 37.2 Å². The van der Waals surface area contributed by atoms with Gasteiger partial charge < -0.3 is 14.2 Å². The van der Waals surface area contributed by atoms with Crippen LogP contribution in [0.1, 0.15) is 265 Å². The lowest BCUT2D eigenvalue weighted by Gasteiger charge is -2.18. The van der Waals surface area contributed by atoms with Crippen LogP contribution in [-0.2, 0) is 28.6 Å². The van der Waals surface area contributed by atoms with E-state index in [1.165, 1.54) is 128 Å². The number of hydrogen-bond acceptors (Lipinski definition) is 6. The third kappa shape index (κ3) is 48.3. The minimum absolute atomic E-state index is 0.0794. The first-order valence-electron chi connectivity index (χ1n) is 26.1. The molecular weight excluding hydrogens is 757 g/mol.